The first-order valence-corrected chi connectivity index (χ1v) is 5.59. The summed E-state index contributed by atoms with van der Waals surface area (Å²) >= 11 is 0. The van der Waals surface area contributed by atoms with Crippen LogP contribution in [0, 0.1) is 5.41 Å². The minimum atomic E-state index is -0.844. The van der Waals surface area contributed by atoms with E-state index in [1.165, 1.54) is 0 Å². The van der Waals surface area contributed by atoms with Crippen LogP contribution in [0.5, 0.6) is 0 Å². The molecule has 1 saturated heterocycles. The van der Waals surface area contributed by atoms with Gasteiger partial charge in [0.1, 0.15) is 0 Å². The van der Waals surface area contributed by atoms with E-state index in [-0.39, 0.29) is 18.8 Å². The van der Waals surface area contributed by atoms with E-state index in [9.17, 15) is 4.79 Å². The number of carboxylic acids is 1. The zero-order valence-corrected chi connectivity index (χ0v) is 10.2. The molecule has 5 heteroatoms. The van der Waals surface area contributed by atoms with Gasteiger partial charge in [0.05, 0.1) is 30.8 Å². The van der Waals surface area contributed by atoms with Crippen molar-refractivity contribution in [3.8, 4) is 0 Å². The summed E-state index contributed by atoms with van der Waals surface area (Å²) in [7, 11) is 0. The molecule has 2 atom stereocenters. The van der Waals surface area contributed by atoms with Crippen LogP contribution in [-0.4, -0.2) is 49.6 Å². The number of carboxylic acid groups (broad SMARTS) is 1. The fourth-order valence-electron chi connectivity index (χ4n) is 1.48. The number of hydrogen-bond acceptors (Lipinski definition) is 4. The van der Waals surface area contributed by atoms with E-state index in [2.05, 4.69) is 5.32 Å². The minimum absolute atomic E-state index is 0.0216. The summed E-state index contributed by atoms with van der Waals surface area (Å²) < 4.78 is 11.0. The predicted octanol–water partition coefficient (Wildman–Crippen LogP) is 0.491. The number of ether oxygens (including phenoxy) is 2. The van der Waals surface area contributed by atoms with Crippen molar-refractivity contribution in [2.45, 2.75) is 33.0 Å². The summed E-state index contributed by atoms with van der Waals surface area (Å²) in [6, 6.07) is 0. The maximum Gasteiger partial charge on any atom is 0.311 e. The summed E-state index contributed by atoms with van der Waals surface area (Å²) in [6.45, 7) is 7.57. The average molecular weight is 231 g/mol. The lowest BCUT2D eigenvalue weighted by Crippen LogP contribution is -2.45. The molecule has 5 nitrogen and oxygen atoms in total. The molecule has 0 aliphatic carbocycles. The van der Waals surface area contributed by atoms with Crippen LogP contribution in [0.3, 0.4) is 0 Å². The molecule has 0 aromatic heterocycles. The van der Waals surface area contributed by atoms with Gasteiger partial charge in [0.2, 0.25) is 0 Å². The van der Waals surface area contributed by atoms with Crippen molar-refractivity contribution in [3.63, 3.8) is 0 Å². The molecule has 1 fully saturated rings. The van der Waals surface area contributed by atoms with Crippen molar-refractivity contribution in [3.05, 3.63) is 0 Å². The molecule has 0 radical (unpaired) electrons. The molecular formula is C11H21NO4. The lowest BCUT2D eigenvalue weighted by atomic mass is 9.95. The fraction of sp³-hybridized carbons (Fsp3) is 0.909. The van der Waals surface area contributed by atoms with Gasteiger partial charge < -0.3 is 19.9 Å². The number of morpholine rings is 1. The van der Waals surface area contributed by atoms with Gasteiger partial charge in [-0.2, -0.15) is 0 Å². The molecule has 0 spiro atoms. The van der Waals surface area contributed by atoms with Crippen LogP contribution < -0.4 is 5.32 Å². The Morgan fingerprint density at radius 1 is 1.56 bits per heavy atom. The molecule has 1 aliphatic heterocycles. The predicted molar refractivity (Wildman–Crippen MR) is 59.4 cm³/mol. The summed E-state index contributed by atoms with van der Waals surface area (Å²) in [4.78, 5) is 10.8. The van der Waals surface area contributed by atoms with Gasteiger partial charge in [0.25, 0.3) is 0 Å². The Balaban J connectivity index is 2.22. The Labute approximate surface area is 96.1 Å². The van der Waals surface area contributed by atoms with Crippen LogP contribution >= 0.6 is 0 Å². The van der Waals surface area contributed by atoms with Gasteiger partial charge in [-0.3, -0.25) is 4.79 Å². The second kappa shape index (κ2) is 5.61. The third-order valence-electron chi connectivity index (χ3n) is 2.57. The van der Waals surface area contributed by atoms with Crippen LogP contribution in [0.15, 0.2) is 0 Å². The highest BCUT2D eigenvalue weighted by Crippen LogP contribution is 2.16. The molecule has 0 aromatic carbocycles. The van der Waals surface area contributed by atoms with Crippen molar-refractivity contribution in [1.82, 2.24) is 5.32 Å². The van der Waals surface area contributed by atoms with E-state index in [0.29, 0.717) is 6.61 Å². The summed E-state index contributed by atoms with van der Waals surface area (Å²) in [5, 5.41) is 12.1. The van der Waals surface area contributed by atoms with Gasteiger partial charge in [-0.1, -0.05) is 0 Å². The van der Waals surface area contributed by atoms with Gasteiger partial charge in [-0.05, 0) is 20.8 Å². The number of aliphatic carboxylic acids is 1. The topological polar surface area (TPSA) is 67.8 Å². The zero-order chi connectivity index (χ0) is 12.2. The molecule has 1 heterocycles. The number of carbonyl (C=O) groups is 1. The molecule has 2 unspecified atom stereocenters. The van der Waals surface area contributed by atoms with E-state index in [1.54, 1.807) is 13.8 Å². The average Bonchev–Trinajstić information content (AvgIpc) is 2.17. The Bertz CT molecular complexity index is 242. The van der Waals surface area contributed by atoms with Gasteiger partial charge in [0, 0.05) is 13.1 Å². The highest BCUT2D eigenvalue weighted by atomic mass is 16.5. The molecule has 1 aliphatic rings. The highest BCUT2D eigenvalue weighted by molar-refractivity contribution is 5.73. The lowest BCUT2D eigenvalue weighted by molar-refractivity contribution is -0.152. The molecule has 0 saturated carbocycles. The van der Waals surface area contributed by atoms with Crippen molar-refractivity contribution in [1.29, 1.82) is 0 Å². The maximum absolute atomic E-state index is 10.8. The quantitative estimate of drug-likeness (QED) is 0.721. The first-order chi connectivity index (χ1) is 7.42. The molecule has 1 rings (SSSR count). The van der Waals surface area contributed by atoms with Gasteiger partial charge in [0.15, 0.2) is 0 Å². The SMILES string of the molecule is CC1CNCC(COCC(C)(C)C(=O)O)O1. The summed E-state index contributed by atoms with van der Waals surface area (Å²) in [5.74, 6) is -0.844. The van der Waals surface area contributed by atoms with Gasteiger partial charge in [-0.25, -0.2) is 0 Å². The Morgan fingerprint density at radius 2 is 2.25 bits per heavy atom. The third kappa shape index (κ3) is 4.08. The largest absolute Gasteiger partial charge is 0.481 e. The number of hydrogen-bond donors (Lipinski definition) is 2. The van der Waals surface area contributed by atoms with Gasteiger partial charge >= 0.3 is 5.97 Å². The number of nitrogens with one attached hydrogen (secondary N) is 1. The minimum Gasteiger partial charge on any atom is -0.481 e. The highest BCUT2D eigenvalue weighted by Gasteiger charge is 2.28. The molecule has 2 N–H and O–H groups in total. The Kier molecular flexibility index (Phi) is 4.70. The molecule has 16 heavy (non-hydrogen) atoms. The second-order valence-electron chi connectivity index (χ2n) is 4.93. The molecule has 0 bridgehead atoms. The van der Waals surface area contributed by atoms with Crippen LogP contribution in [0.25, 0.3) is 0 Å². The van der Waals surface area contributed by atoms with Crippen molar-refractivity contribution in [2.75, 3.05) is 26.3 Å². The first-order valence-electron chi connectivity index (χ1n) is 5.59. The standard InChI is InChI=1S/C11H21NO4/c1-8-4-12-5-9(16-8)6-15-7-11(2,3)10(13)14/h8-9,12H,4-7H2,1-3H3,(H,13,14). The van der Waals surface area contributed by atoms with E-state index >= 15 is 0 Å². The van der Waals surface area contributed by atoms with Crippen molar-refractivity contribution in [2.24, 2.45) is 5.41 Å². The van der Waals surface area contributed by atoms with Crippen LogP contribution in [-0.2, 0) is 14.3 Å². The molecule has 94 valence electrons. The molecule has 0 aromatic rings. The van der Waals surface area contributed by atoms with E-state index < -0.39 is 11.4 Å². The zero-order valence-electron chi connectivity index (χ0n) is 10.2. The van der Waals surface area contributed by atoms with Gasteiger partial charge in [-0.15, -0.1) is 0 Å². The molecule has 0 amide bonds. The first kappa shape index (κ1) is 13.4. The maximum atomic E-state index is 10.8. The van der Waals surface area contributed by atoms with Crippen LogP contribution in [0.2, 0.25) is 0 Å². The van der Waals surface area contributed by atoms with Crippen molar-refractivity contribution < 1.29 is 19.4 Å². The second-order valence-corrected chi connectivity index (χ2v) is 4.93. The number of rotatable bonds is 5. The lowest BCUT2D eigenvalue weighted by Gasteiger charge is -2.29. The Hall–Kier alpha value is -0.650. The van der Waals surface area contributed by atoms with Crippen LogP contribution in [0.4, 0.5) is 0 Å². The monoisotopic (exact) mass is 231 g/mol. The molecular weight excluding hydrogens is 210 g/mol. The summed E-state index contributed by atoms with van der Waals surface area (Å²) in [5.41, 5.74) is -0.840. The Morgan fingerprint density at radius 3 is 2.81 bits per heavy atom. The van der Waals surface area contributed by atoms with Crippen molar-refractivity contribution >= 4 is 5.97 Å². The van der Waals surface area contributed by atoms with E-state index in [4.69, 9.17) is 14.6 Å². The smallest absolute Gasteiger partial charge is 0.311 e. The summed E-state index contributed by atoms with van der Waals surface area (Å²) in [6.07, 6.45) is 0.211. The fourth-order valence-corrected chi connectivity index (χ4v) is 1.48. The van der Waals surface area contributed by atoms with E-state index in [1.807, 2.05) is 6.92 Å². The van der Waals surface area contributed by atoms with Crippen LogP contribution in [0.1, 0.15) is 20.8 Å². The van der Waals surface area contributed by atoms with E-state index in [0.717, 1.165) is 13.1 Å². The third-order valence-corrected chi connectivity index (χ3v) is 2.57. The normalized spacial score (nSPS) is 26.7.